The fourth-order valence-corrected chi connectivity index (χ4v) is 5.38. The van der Waals surface area contributed by atoms with Gasteiger partial charge in [-0.1, -0.05) is 54.2 Å². The fraction of sp³-hybridized carbons (Fsp3) is 0.360. The fourth-order valence-electron chi connectivity index (χ4n) is 4.81. The standard InChI is InChI=1S/C25H24Cl2N2O5/c26-18-6-3-7-19(27)22(18)23(31)28-20(25(33)34)12-14-8-10-16(11-9-14)29-21(30)13-15-4-1-2-5-17(15)24(29)32/h3,6-11,15,17,20H,1-2,4-5,12-13H2,(H,28,31)(H,33,34)/t15?,17?,20-/m0/s1. The second-order valence-electron chi connectivity index (χ2n) is 8.75. The van der Waals surface area contributed by atoms with Crippen LogP contribution in [0, 0.1) is 11.8 Å². The molecule has 2 aromatic carbocycles. The van der Waals surface area contributed by atoms with E-state index in [-0.39, 0.29) is 45.7 Å². The van der Waals surface area contributed by atoms with Gasteiger partial charge in [-0.3, -0.25) is 19.3 Å². The molecule has 0 spiro atoms. The zero-order valence-corrected chi connectivity index (χ0v) is 19.8. The first-order chi connectivity index (χ1) is 16.3. The number of hydrogen-bond acceptors (Lipinski definition) is 4. The molecule has 1 heterocycles. The highest BCUT2D eigenvalue weighted by Crippen LogP contribution is 2.39. The number of carbonyl (C=O) groups excluding carboxylic acids is 3. The van der Waals surface area contributed by atoms with E-state index < -0.39 is 17.9 Å². The predicted molar refractivity (Wildman–Crippen MR) is 128 cm³/mol. The maximum Gasteiger partial charge on any atom is 0.326 e. The van der Waals surface area contributed by atoms with Gasteiger partial charge in [-0.25, -0.2) is 4.79 Å². The lowest BCUT2D eigenvalue weighted by Gasteiger charge is -2.39. The van der Waals surface area contributed by atoms with Crippen LogP contribution in [0.3, 0.4) is 0 Å². The summed E-state index contributed by atoms with van der Waals surface area (Å²) in [6.07, 6.45) is 4.14. The van der Waals surface area contributed by atoms with Crippen molar-refractivity contribution in [3.05, 3.63) is 63.6 Å². The zero-order valence-electron chi connectivity index (χ0n) is 18.3. The number of anilines is 1. The number of benzene rings is 2. The van der Waals surface area contributed by atoms with E-state index in [1.54, 1.807) is 30.3 Å². The van der Waals surface area contributed by atoms with Crippen LogP contribution in [-0.4, -0.2) is 34.8 Å². The van der Waals surface area contributed by atoms with Crippen molar-refractivity contribution in [3.8, 4) is 0 Å². The van der Waals surface area contributed by atoms with Crippen LogP contribution in [0.1, 0.15) is 48.0 Å². The summed E-state index contributed by atoms with van der Waals surface area (Å²) < 4.78 is 0. The molecule has 7 nitrogen and oxygen atoms in total. The first-order valence-electron chi connectivity index (χ1n) is 11.2. The first kappa shape index (κ1) is 24.2. The van der Waals surface area contributed by atoms with Gasteiger partial charge in [0.05, 0.1) is 21.3 Å². The Morgan fingerprint density at radius 1 is 1.03 bits per heavy atom. The molecule has 2 unspecified atom stereocenters. The van der Waals surface area contributed by atoms with Crippen molar-refractivity contribution < 1.29 is 24.3 Å². The van der Waals surface area contributed by atoms with Gasteiger partial charge in [-0.05, 0) is 48.6 Å². The number of halogens is 2. The second-order valence-corrected chi connectivity index (χ2v) is 9.57. The summed E-state index contributed by atoms with van der Waals surface area (Å²) in [4.78, 5) is 51.3. The number of carbonyl (C=O) groups is 4. The van der Waals surface area contributed by atoms with Crippen LogP contribution in [0.25, 0.3) is 0 Å². The van der Waals surface area contributed by atoms with Gasteiger partial charge in [0.2, 0.25) is 11.8 Å². The molecule has 2 fully saturated rings. The Kier molecular flexibility index (Phi) is 7.24. The highest BCUT2D eigenvalue weighted by Gasteiger charge is 2.42. The summed E-state index contributed by atoms with van der Waals surface area (Å²) in [5.41, 5.74) is 1.10. The van der Waals surface area contributed by atoms with Gasteiger partial charge in [0.25, 0.3) is 5.91 Å². The molecule has 3 atom stereocenters. The van der Waals surface area contributed by atoms with Crippen LogP contribution in [0.5, 0.6) is 0 Å². The third-order valence-corrected chi connectivity index (χ3v) is 7.19. The molecule has 2 aromatic rings. The average Bonchev–Trinajstić information content (AvgIpc) is 2.79. The number of imide groups is 1. The first-order valence-corrected chi connectivity index (χ1v) is 11.9. The number of carboxylic acids is 1. The van der Waals surface area contributed by atoms with E-state index in [2.05, 4.69) is 5.32 Å². The zero-order chi connectivity index (χ0) is 24.4. The van der Waals surface area contributed by atoms with Crippen LogP contribution < -0.4 is 10.2 Å². The quantitative estimate of drug-likeness (QED) is 0.566. The number of rotatable bonds is 6. The lowest BCUT2D eigenvalue weighted by Crippen LogP contribution is -2.50. The Bertz CT molecular complexity index is 1110. The van der Waals surface area contributed by atoms with E-state index in [1.165, 1.54) is 17.0 Å². The normalized spacial score (nSPS) is 21.1. The van der Waals surface area contributed by atoms with Crippen molar-refractivity contribution in [2.24, 2.45) is 11.8 Å². The van der Waals surface area contributed by atoms with E-state index in [1.807, 2.05) is 0 Å². The summed E-state index contributed by atoms with van der Waals surface area (Å²) in [6.45, 7) is 0. The summed E-state index contributed by atoms with van der Waals surface area (Å²) >= 11 is 12.1. The van der Waals surface area contributed by atoms with Crippen molar-refractivity contribution >= 4 is 52.6 Å². The molecular weight excluding hydrogens is 479 g/mol. The maximum absolute atomic E-state index is 13.0. The minimum Gasteiger partial charge on any atom is -0.480 e. The Morgan fingerprint density at radius 2 is 1.68 bits per heavy atom. The largest absolute Gasteiger partial charge is 0.480 e. The number of nitrogens with one attached hydrogen (secondary N) is 1. The highest BCUT2D eigenvalue weighted by molar-refractivity contribution is 6.39. The Balaban J connectivity index is 1.47. The van der Waals surface area contributed by atoms with E-state index in [0.717, 1.165) is 25.7 Å². The minimum atomic E-state index is -1.23. The molecule has 2 N–H and O–H groups in total. The highest BCUT2D eigenvalue weighted by atomic mass is 35.5. The molecule has 1 aliphatic heterocycles. The van der Waals surface area contributed by atoms with Crippen LogP contribution in [0.4, 0.5) is 5.69 Å². The van der Waals surface area contributed by atoms with Crippen LogP contribution >= 0.6 is 23.2 Å². The van der Waals surface area contributed by atoms with E-state index in [9.17, 15) is 24.3 Å². The van der Waals surface area contributed by atoms with Gasteiger partial charge in [-0.2, -0.15) is 0 Å². The van der Waals surface area contributed by atoms with E-state index in [4.69, 9.17) is 23.2 Å². The third kappa shape index (κ3) is 4.95. The summed E-state index contributed by atoms with van der Waals surface area (Å²) in [5, 5.41) is 12.3. The van der Waals surface area contributed by atoms with Crippen LogP contribution in [0.2, 0.25) is 10.0 Å². The predicted octanol–water partition coefficient (Wildman–Crippen LogP) is 4.49. The molecule has 2 aliphatic rings. The van der Waals surface area contributed by atoms with Gasteiger partial charge in [0, 0.05) is 18.8 Å². The molecule has 1 saturated carbocycles. The third-order valence-electron chi connectivity index (χ3n) is 6.56. The number of carboxylic acid groups (broad SMARTS) is 1. The summed E-state index contributed by atoms with van der Waals surface area (Å²) in [6, 6.07) is 9.95. The van der Waals surface area contributed by atoms with Crippen molar-refractivity contribution in [2.45, 2.75) is 44.6 Å². The SMILES string of the molecule is O=C(N[C@@H](Cc1ccc(N2C(=O)CC3CCCCC3C2=O)cc1)C(=O)O)c1c(Cl)cccc1Cl. The molecule has 0 radical (unpaired) electrons. The van der Waals surface area contributed by atoms with Crippen LogP contribution in [0.15, 0.2) is 42.5 Å². The molecule has 178 valence electrons. The van der Waals surface area contributed by atoms with Crippen molar-refractivity contribution in [1.29, 1.82) is 0 Å². The smallest absolute Gasteiger partial charge is 0.326 e. The Morgan fingerprint density at radius 3 is 2.32 bits per heavy atom. The topological polar surface area (TPSA) is 104 Å². The van der Waals surface area contributed by atoms with Gasteiger partial charge in [0.1, 0.15) is 6.04 Å². The molecule has 9 heteroatoms. The molecule has 4 rings (SSSR count). The maximum atomic E-state index is 13.0. The molecule has 0 bridgehead atoms. The van der Waals surface area contributed by atoms with Gasteiger partial charge < -0.3 is 10.4 Å². The average molecular weight is 503 g/mol. The Hall–Kier alpha value is -2.90. The minimum absolute atomic E-state index is 0.00395. The van der Waals surface area contributed by atoms with Crippen molar-refractivity contribution in [3.63, 3.8) is 0 Å². The molecule has 0 aromatic heterocycles. The molecule has 1 saturated heterocycles. The van der Waals surface area contributed by atoms with E-state index in [0.29, 0.717) is 17.7 Å². The van der Waals surface area contributed by atoms with Gasteiger partial charge in [-0.15, -0.1) is 0 Å². The number of nitrogens with zero attached hydrogens (tertiary/aromatic N) is 1. The van der Waals surface area contributed by atoms with Crippen LogP contribution in [-0.2, 0) is 20.8 Å². The lowest BCUT2D eigenvalue weighted by atomic mass is 9.74. The number of hydrogen-bond donors (Lipinski definition) is 2. The molecule has 1 aliphatic carbocycles. The van der Waals surface area contributed by atoms with E-state index >= 15 is 0 Å². The molecule has 34 heavy (non-hydrogen) atoms. The monoisotopic (exact) mass is 502 g/mol. The second kappa shape index (κ2) is 10.2. The molecular formula is C25H24Cl2N2O5. The number of aliphatic carboxylic acids is 1. The molecule has 3 amide bonds. The number of fused-ring (bicyclic) bond motifs is 1. The number of amides is 3. The summed E-state index contributed by atoms with van der Waals surface area (Å²) in [7, 11) is 0. The van der Waals surface area contributed by atoms with Crippen molar-refractivity contribution in [1.82, 2.24) is 5.32 Å². The summed E-state index contributed by atoms with van der Waals surface area (Å²) in [5.74, 6) is -2.24. The van der Waals surface area contributed by atoms with Gasteiger partial charge >= 0.3 is 5.97 Å². The number of piperidine rings is 1. The van der Waals surface area contributed by atoms with Gasteiger partial charge in [0.15, 0.2) is 0 Å². The van der Waals surface area contributed by atoms with Crippen molar-refractivity contribution in [2.75, 3.05) is 4.90 Å². The lowest BCUT2D eigenvalue weighted by molar-refractivity contribution is -0.139. The Labute approximate surface area is 207 Å².